The van der Waals surface area contributed by atoms with Crippen molar-refractivity contribution in [2.24, 2.45) is 5.73 Å². The number of rotatable bonds is 5. The van der Waals surface area contributed by atoms with E-state index in [0.717, 1.165) is 12.2 Å². The Kier molecular flexibility index (Phi) is 4.81. The largest absolute Gasteiger partial charge is 0.463 e. The Bertz CT molecular complexity index is 585. The Hall–Kier alpha value is -1.36. The van der Waals surface area contributed by atoms with Crippen LogP contribution in [0.2, 0.25) is 5.02 Å². The molecule has 0 aliphatic rings. The molecule has 108 valence electrons. The third kappa shape index (κ3) is 2.87. The van der Waals surface area contributed by atoms with Crippen LogP contribution in [0.4, 0.5) is 4.39 Å². The number of hydrogen-bond donors (Lipinski definition) is 2. The lowest BCUT2D eigenvalue weighted by atomic mass is 9.91. The number of aryl methyl sites for hydroxylation is 1. The van der Waals surface area contributed by atoms with E-state index in [1.54, 1.807) is 24.3 Å². The molecule has 2 unspecified atom stereocenters. The average Bonchev–Trinajstić information content (AvgIpc) is 2.93. The molecule has 0 aliphatic heterocycles. The van der Waals surface area contributed by atoms with E-state index in [9.17, 15) is 9.50 Å². The van der Waals surface area contributed by atoms with Crippen LogP contribution in [0.25, 0.3) is 0 Å². The number of halogens is 2. The fourth-order valence-electron chi connectivity index (χ4n) is 2.17. The Balaban J connectivity index is 2.34. The number of furan rings is 1. The highest BCUT2D eigenvalue weighted by atomic mass is 35.5. The van der Waals surface area contributed by atoms with Gasteiger partial charge in [0.1, 0.15) is 23.4 Å². The van der Waals surface area contributed by atoms with Crippen LogP contribution >= 0.6 is 11.6 Å². The van der Waals surface area contributed by atoms with Gasteiger partial charge in [-0.05, 0) is 23.8 Å². The molecule has 1 aromatic heterocycles. The van der Waals surface area contributed by atoms with E-state index >= 15 is 0 Å². The minimum atomic E-state index is -1.01. The zero-order valence-corrected chi connectivity index (χ0v) is 11.9. The Morgan fingerprint density at radius 2 is 2.10 bits per heavy atom. The SMILES string of the molecule is CCc1ccc(C(O)C(CN)c2cccc(Cl)c2F)o1. The van der Waals surface area contributed by atoms with Crippen LogP contribution in [0, 0.1) is 5.82 Å². The Morgan fingerprint density at radius 3 is 2.70 bits per heavy atom. The van der Waals surface area contributed by atoms with Gasteiger partial charge >= 0.3 is 0 Å². The zero-order chi connectivity index (χ0) is 14.7. The molecule has 20 heavy (non-hydrogen) atoms. The zero-order valence-electron chi connectivity index (χ0n) is 11.1. The van der Waals surface area contributed by atoms with E-state index in [2.05, 4.69) is 0 Å². The summed E-state index contributed by atoms with van der Waals surface area (Å²) in [7, 11) is 0. The molecule has 0 aliphatic carbocycles. The normalized spacial score (nSPS) is 14.2. The number of nitrogens with two attached hydrogens (primary N) is 1. The monoisotopic (exact) mass is 297 g/mol. The predicted molar refractivity (Wildman–Crippen MR) is 76.3 cm³/mol. The molecule has 0 bridgehead atoms. The molecule has 1 aromatic carbocycles. The van der Waals surface area contributed by atoms with Crippen LogP contribution in [-0.4, -0.2) is 11.7 Å². The quantitative estimate of drug-likeness (QED) is 0.889. The van der Waals surface area contributed by atoms with Gasteiger partial charge in [-0.15, -0.1) is 0 Å². The molecular weight excluding hydrogens is 281 g/mol. The van der Waals surface area contributed by atoms with Gasteiger partial charge in [-0.3, -0.25) is 0 Å². The van der Waals surface area contributed by atoms with E-state index in [-0.39, 0.29) is 11.6 Å². The van der Waals surface area contributed by atoms with Gasteiger partial charge in [-0.25, -0.2) is 4.39 Å². The van der Waals surface area contributed by atoms with E-state index in [1.807, 2.05) is 6.92 Å². The van der Waals surface area contributed by atoms with Crippen LogP contribution in [0.5, 0.6) is 0 Å². The highest BCUT2D eigenvalue weighted by Gasteiger charge is 2.27. The van der Waals surface area contributed by atoms with Gasteiger partial charge in [-0.1, -0.05) is 30.7 Å². The summed E-state index contributed by atoms with van der Waals surface area (Å²) >= 11 is 5.77. The summed E-state index contributed by atoms with van der Waals surface area (Å²) in [5, 5.41) is 10.4. The first-order valence-corrected chi connectivity index (χ1v) is 6.86. The smallest absolute Gasteiger partial charge is 0.145 e. The number of hydrogen-bond acceptors (Lipinski definition) is 3. The second kappa shape index (κ2) is 6.39. The lowest BCUT2D eigenvalue weighted by Gasteiger charge is -2.21. The number of aliphatic hydroxyl groups is 1. The van der Waals surface area contributed by atoms with Crippen molar-refractivity contribution in [3.05, 3.63) is 58.3 Å². The van der Waals surface area contributed by atoms with Gasteiger partial charge in [-0.2, -0.15) is 0 Å². The van der Waals surface area contributed by atoms with Gasteiger partial charge in [0.05, 0.1) is 5.02 Å². The van der Waals surface area contributed by atoms with Crippen molar-refractivity contribution in [1.29, 1.82) is 0 Å². The van der Waals surface area contributed by atoms with Crippen molar-refractivity contribution in [1.82, 2.24) is 0 Å². The lowest BCUT2D eigenvalue weighted by Crippen LogP contribution is -2.21. The molecule has 0 saturated heterocycles. The van der Waals surface area contributed by atoms with Crippen LogP contribution in [0.3, 0.4) is 0 Å². The molecule has 0 fully saturated rings. The maximum absolute atomic E-state index is 14.1. The van der Waals surface area contributed by atoms with Crippen molar-refractivity contribution in [3.8, 4) is 0 Å². The first-order chi connectivity index (χ1) is 9.58. The molecule has 0 spiro atoms. The summed E-state index contributed by atoms with van der Waals surface area (Å²) in [6.45, 7) is 2.03. The van der Waals surface area contributed by atoms with E-state index in [0.29, 0.717) is 11.3 Å². The van der Waals surface area contributed by atoms with Crippen LogP contribution in [0.1, 0.15) is 36.0 Å². The molecule has 3 nitrogen and oxygen atoms in total. The second-order valence-electron chi connectivity index (χ2n) is 4.59. The topological polar surface area (TPSA) is 59.4 Å². The van der Waals surface area contributed by atoms with Crippen LogP contribution in [-0.2, 0) is 6.42 Å². The number of benzene rings is 1. The average molecular weight is 298 g/mol. The maximum Gasteiger partial charge on any atom is 0.145 e. The van der Waals surface area contributed by atoms with Crippen LogP contribution < -0.4 is 5.73 Å². The molecule has 0 saturated carbocycles. The van der Waals surface area contributed by atoms with Gasteiger partial charge in [0.2, 0.25) is 0 Å². The fourth-order valence-corrected chi connectivity index (χ4v) is 2.36. The second-order valence-corrected chi connectivity index (χ2v) is 4.99. The summed E-state index contributed by atoms with van der Waals surface area (Å²) < 4.78 is 19.6. The minimum absolute atomic E-state index is 0.0156. The predicted octanol–water partition coefficient (Wildman–Crippen LogP) is 3.41. The fraction of sp³-hybridized carbons (Fsp3) is 0.333. The van der Waals surface area contributed by atoms with Crippen molar-refractivity contribution in [3.63, 3.8) is 0 Å². The summed E-state index contributed by atoms with van der Waals surface area (Å²) in [6, 6.07) is 8.15. The molecule has 2 aromatic rings. The molecule has 0 amide bonds. The molecular formula is C15H17ClFNO2. The lowest BCUT2D eigenvalue weighted by molar-refractivity contribution is 0.119. The summed E-state index contributed by atoms with van der Waals surface area (Å²) in [6.07, 6.45) is -0.279. The first kappa shape index (κ1) is 15.0. The molecule has 3 N–H and O–H groups in total. The highest BCUT2D eigenvalue weighted by Crippen LogP contribution is 2.34. The van der Waals surface area contributed by atoms with E-state index < -0.39 is 17.8 Å². The molecule has 1 heterocycles. The summed E-state index contributed by atoms with van der Waals surface area (Å²) in [5.74, 6) is -0.00597. The Labute approximate surface area is 122 Å². The third-order valence-corrected chi connectivity index (χ3v) is 3.63. The van der Waals surface area contributed by atoms with Crippen molar-refractivity contribution in [2.45, 2.75) is 25.4 Å². The molecule has 0 radical (unpaired) electrons. The van der Waals surface area contributed by atoms with Crippen molar-refractivity contribution >= 4 is 11.6 Å². The van der Waals surface area contributed by atoms with Crippen molar-refractivity contribution in [2.75, 3.05) is 6.54 Å². The van der Waals surface area contributed by atoms with E-state index in [1.165, 1.54) is 6.07 Å². The summed E-state index contributed by atoms with van der Waals surface area (Å²) in [5.41, 5.74) is 5.98. The van der Waals surface area contributed by atoms with Gasteiger partial charge in [0, 0.05) is 18.9 Å². The first-order valence-electron chi connectivity index (χ1n) is 6.49. The molecule has 2 rings (SSSR count). The van der Waals surface area contributed by atoms with Gasteiger partial charge in [0.15, 0.2) is 0 Å². The number of aliphatic hydroxyl groups excluding tert-OH is 1. The van der Waals surface area contributed by atoms with Gasteiger partial charge in [0.25, 0.3) is 0 Å². The van der Waals surface area contributed by atoms with Crippen LogP contribution in [0.15, 0.2) is 34.7 Å². The third-order valence-electron chi connectivity index (χ3n) is 3.34. The Morgan fingerprint density at radius 1 is 1.35 bits per heavy atom. The maximum atomic E-state index is 14.1. The van der Waals surface area contributed by atoms with Crippen molar-refractivity contribution < 1.29 is 13.9 Å². The highest BCUT2D eigenvalue weighted by molar-refractivity contribution is 6.30. The molecule has 5 heteroatoms. The standard InChI is InChI=1S/C15H17ClFNO2/c1-2-9-6-7-13(20-9)15(19)11(8-18)10-4-3-5-12(16)14(10)17/h3-7,11,15,19H,2,8,18H2,1H3. The minimum Gasteiger partial charge on any atom is -0.463 e. The van der Waals surface area contributed by atoms with Gasteiger partial charge < -0.3 is 15.3 Å². The van der Waals surface area contributed by atoms with E-state index in [4.69, 9.17) is 21.8 Å². The summed E-state index contributed by atoms with van der Waals surface area (Å²) in [4.78, 5) is 0. The molecule has 2 atom stereocenters.